The highest BCUT2D eigenvalue weighted by Gasteiger charge is 2.07. The second-order valence-corrected chi connectivity index (χ2v) is 5.39. The van der Waals surface area contributed by atoms with Crippen LogP contribution in [0.5, 0.6) is 0 Å². The van der Waals surface area contributed by atoms with Gasteiger partial charge < -0.3 is 15.5 Å². The molecule has 2 aromatic carbocycles. The number of hydrogen-bond acceptors (Lipinski definition) is 4. The first-order chi connectivity index (χ1) is 9.52. The molecule has 0 bridgehead atoms. The van der Waals surface area contributed by atoms with Crippen molar-refractivity contribution in [1.29, 1.82) is 0 Å². The van der Waals surface area contributed by atoms with E-state index in [1.165, 1.54) is 0 Å². The van der Waals surface area contributed by atoms with Gasteiger partial charge in [-0.25, -0.2) is 4.79 Å². The van der Waals surface area contributed by atoms with E-state index in [0.29, 0.717) is 22.5 Å². The van der Waals surface area contributed by atoms with Gasteiger partial charge in [-0.15, -0.1) is 0 Å². The third-order valence-electron chi connectivity index (χ3n) is 3.04. The summed E-state index contributed by atoms with van der Waals surface area (Å²) in [5.74, 6) is -0.491. The Morgan fingerprint density at radius 2 is 2.10 bits per heavy atom. The van der Waals surface area contributed by atoms with E-state index in [-0.39, 0.29) is 0 Å². The predicted molar refractivity (Wildman–Crippen MR) is 83.4 cm³/mol. The Kier molecular flexibility index (Phi) is 3.02. The summed E-state index contributed by atoms with van der Waals surface area (Å²) in [7, 11) is 0. The van der Waals surface area contributed by atoms with Crippen molar-refractivity contribution in [3.63, 3.8) is 0 Å². The molecule has 6 heteroatoms. The molecule has 4 N–H and O–H groups in total. The van der Waals surface area contributed by atoms with Crippen molar-refractivity contribution >= 4 is 44.1 Å². The molecule has 102 valence electrons. The number of nitrogens with one attached hydrogen (secondary N) is 2. The summed E-state index contributed by atoms with van der Waals surface area (Å²) in [5, 5.41) is 3.22. The Bertz CT molecular complexity index is 851. The van der Waals surface area contributed by atoms with Crippen molar-refractivity contribution in [2.45, 2.75) is 6.92 Å². The lowest BCUT2D eigenvalue weighted by Gasteiger charge is -2.10. The molecule has 0 aliphatic rings. The number of benzene rings is 2. The summed E-state index contributed by atoms with van der Waals surface area (Å²) in [5.41, 5.74) is 10.3. The number of oxazole rings is 1. The van der Waals surface area contributed by atoms with Crippen LogP contribution in [0.1, 0.15) is 5.56 Å². The van der Waals surface area contributed by atoms with Crippen LogP contribution in [-0.2, 0) is 0 Å². The average Bonchev–Trinajstić information content (AvgIpc) is 2.73. The fourth-order valence-corrected chi connectivity index (χ4v) is 2.33. The number of fused-ring (bicyclic) bond motifs is 1. The third kappa shape index (κ3) is 2.30. The fourth-order valence-electron chi connectivity index (χ4n) is 1.95. The molecule has 0 aliphatic heterocycles. The second-order valence-electron chi connectivity index (χ2n) is 4.54. The van der Waals surface area contributed by atoms with Crippen molar-refractivity contribution in [2.75, 3.05) is 11.1 Å². The zero-order valence-electron chi connectivity index (χ0n) is 10.7. The molecule has 0 fully saturated rings. The Morgan fingerprint density at radius 3 is 2.85 bits per heavy atom. The number of nitrogen functional groups attached to an aromatic ring is 1. The third-order valence-corrected chi connectivity index (χ3v) is 3.90. The van der Waals surface area contributed by atoms with Crippen LogP contribution in [0, 0.1) is 6.92 Å². The first-order valence-corrected chi connectivity index (χ1v) is 6.78. The molecule has 0 saturated carbocycles. The molecule has 0 unspecified atom stereocenters. The van der Waals surface area contributed by atoms with Gasteiger partial charge in [0.1, 0.15) is 0 Å². The summed E-state index contributed by atoms with van der Waals surface area (Å²) in [6, 6.07) is 9.31. The Balaban J connectivity index is 2.02. The van der Waals surface area contributed by atoms with E-state index in [0.717, 1.165) is 15.7 Å². The number of aromatic amines is 1. The number of halogens is 1. The molecule has 5 nitrogen and oxygen atoms in total. The molecular weight excluding hydrogens is 322 g/mol. The second kappa shape index (κ2) is 4.72. The number of hydrogen-bond donors (Lipinski definition) is 3. The minimum atomic E-state index is -0.491. The molecule has 3 rings (SSSR count). The van der Waals surface area contributed by atoms with Gasteiger partial charge in [-0.1, -0.05) is 22.0 Å². The number of aryl methyl sites for hydroxylation is 1. The highest BCUT2D eigenvalue weighted by atomic mass is 79.9. The summed E-state index contributed by atoms with van der Waals surface area (Å²) in [6.45, 7) is 2.02. The molecule has 0 spiro atoms. The van der Waals surface area contributed by atoms with Crippen molar-refractivity contribution in [2.24, 2.45) is 0 Å². The normalized spacial score (nSPS) is 10.9. The molecule has 1 aromatic heterocycles. The lowest BCUT2D eigenvalue weighted by Crippen LogP contribution is -1.97. The van der Waals surface area contributed by atoms with Gasteiger partial charge in [0, 0.05) is 16.2 Å². The maximum Gasteiger partial charge on any atom is 0.417 e. The smallest absolute Gasteiger partial charge is 0.408 e. The summed E-state index contributed by atoms with van der Waals surface area (Å²) >= 11 is 3.49. The molecule has 20 heavy (non-hydrogen) atoms. The zero-order chi connectivity index (χ0) is 14.3. The van der Waals surface area contributed by atoms with Crippen LogP contribution < -0.4 is 16.8 Å². The van der Waals surface area contributed by atoms with Gasteiger partial charge in [-0.05, 0) is 30.7 Å². The van der Waals surface area contributed by atoms with Gasteiger partial charge in [0.15, 0.2) is 5.58 Å². The summed E-state index contributed by atoms with van der Waals surface area (Å²) < 4.78 is 5.98. The first-order valence-electron chi connectivity index (χ1n) is 5.98. The first kappa shape index (κ1) is 12.8. The SMILES string of the molecule is Cc1ccc(Nc2cc3[nH]c(=O)oc3cc2N)cc1Br. The van der Waals surface area contributed by atoms with Gasteiger partial charge >= 0.3 is 5.76 Å². The van der Waals surface area contributed by atoms with Crippen molar-refractivity contribution in [3.05, 3.63) is 50.9 Å². The van der Waals surface area contributed by atoms with Crippen LogP contribution >= 0.6 is 15.9 Å². The van der Waals surface area contributed by atoms with Crippen molar-refractivity contribution in [1.82, 2.24) is 4.98 Å². The van der Waals surface area contributed by atoms with E-state index in [1.807, 2.05) is 25.1 Å². The van der Waals surface area contributed by atoms with E-state index >= 15 is 0 Å². The minimum absolute atomic E-state index is 0.447. The number of H-pyrrole nitrogens is 1. The van der Waals surface area contributed by atoms with Crippen molar-refractivity contribution in [3.8, 4) is 0 Å². The van der Waals surface area contributed by atoms with E-state index in [4.69, 9.17) is 10.2 Å². The molecule has 0 aliphatic carbocycles. The van der Waals surface area contributed by atoms with E-state index in [1.54, 1.807) is 12.1 Å². The monoisotopic (exact) mass is 333 g/mol. The number of rotatable bonds is 2. The molecule has 0 atom stereocenters. The lowest BCUT2D eigenvalue weighted by atomic mass is 10.2. The quantitative estimate of drug-likeness (QED) is 0.626. The maximum atomic E-state index is 11.2. The average molecular weight is 334 g/mol. The maximum absolute atomic E-state index is 11.2. The van der Waals surface area contributed by atoms with Crippen LogP contribution in [0.4, 0.5) is 17.1 Å². The summed E-state index contributed by atoms with van der Waals surface area (Å²) in [6.07, 6.45) is 0. The number of aromatic nitrogens is 1. The van der Waals surface area contributed by atoms with Crippen LogP contribution in [0.2, 0.25) is 0 Å². The van der Waals surface area contributed by atoms with Gasteiger partial charge in [0.05, 0.1) is 16.9 Å². The molecular formula is C14H12BrN3O2. The Hall–Kier alpha value is -2.21. The van der Waals surface area contributed by atoms with Crippen molar-refractivity contribution < 1.29 is 4.42 Å². The Labute approximate surface area is 122 Å². The van der Waals surface area contributed by atoms with Crippen LogP contribution in [0.15, 0.2) is 44.0 Å². The predicted octanol–water partition coefficient (Wildman–Crippen LogP) is 3.52. The molecule has 1 heterocycles. The van der Waals surface area contributed by atoms with Gasteiger partial charge in [-0.3, -0.25) is 4.98 Å². The standard InChI is InChI=1S/C14H12BrN3O2/c1-7-2-3-8(4-9(7)15)17-11-6-12-13(5-10(11)16)20-14(19)18-12/h2-6,17H,16H2,1H3,(H,18,19). The van der Waals surface area contributed by atoms with Crippen LogP contribution in [-0.4, -0.2) is 4.98 Å². The molecule has 0 amide bonds. The number of anilines is 3. The van der Waals surface area contributed by atoms with E-state index < -0.39 is 5.76 Å². The molecule has 0 saturated heterocycles. The fraction of sp³-hybridized carbons (Fsp3) is 0.0714. The lowest BCUT2D eigenvalue weighted by molar-refractivity contribution is 0.555. The molecule has 3 aromatic rings. The minimum Gasteiger partial charge on any atom is -0.408 e. The molecule has 0 radical (unpaired) electrons. The van der Waals surface area contributed by atoms with Crippen LogP contribution in [0.3, 0.4) is 0 Å². The summed E-state index contributed by atoms with van der Waals surface area (Å²) in [4.78, 5) is 13.8. The Morgan fingerprint density at radius 1 is 1.30 bits per heavy atom. The number of nitrogens with two attached hydrogens (primary N) is 1. The highest BCUT2D eigenvalue weighted by molar-refractivity contribution is 9.10. The van der Waals surface area contributed by atoms with Gasteiger partial charge in [0.2, 0.25) is 0 Å². The van der Waals surface area contributed by atoms with E-state index in [9.17, 15) is 4.79 Å². The van der Waals surface area contributed by atoms with E-state index in [2.05, 4.69) is 26.2 Å². The highest BCUT2D eigenvalue weighted by Crippen LogP contribution is 2.29. The topological polar surface area (TPSA) is 84.0 Å². The van der Waals surface area contributed by atoms with Crippen LogP contribution in [0.25, 0.3) is 11.1 Å². The largest absolute Gasteiger partial charge is 0.417 e. The zero-order valence-corrected chi connectivity index (χ0v) is 12.2. The van der Waals surface area contributed by atoms with Gasteiger partial charge in [-0.2, -0.15) is 0 Å². The van der Waals surface area contributed by atoms with Gasteiger partial charge in [0.25, 0.3) is 0 Å².